The van der Waals surface area contributed by atoms with E-state index in [9.17, 15) is 4.79 Å². The highest BCUT2D eigenvalue weighted by atomic mass is 16.5. The van der Waals surface area contributed by atoms with E-state index in [-0.39, 0.29) is 17.4 Å². The number of nitrogens with zero attached hydrogens (tertiary/aromatic N) is 6. The van der Waals surface area contributed by atoms with Gasteiger partial charge in [-0.3, -0.25) is 14.4 Å². The molecule has 3 aromatic rings. The van der Waals surface area contributed by atoms with Crippen LogP contribution in [0.2, 0.25) is 0 Å². The maximum absolute atomic E-state index is 12.8. The Bertz CT molecular complexity index is 1050. The van der Waals surface area contributed by atoms with E-state index in [1.807, 2.05) is 55.3 Å². The van der Waals surface area contributed by atoms with Crippen LogP contribution in [0.5, 0.6) is 0 Å². The van der Waals surface area contributed by atoms with Crippen LogP contribution in [0.1, 0.15) is 34.5 Å². The lowest BCUT2D eigenvalue weighted by Gasteiger charge is -2.48. The molecule has 0 saturated carbocycles. The SMILES string of the molecule is Cc1cc(C(=O)N2CC3(C[C@@H](c4nc(-c5ccccc5)no4)N(C)C3)C2)n(C)n1. The van der Waals surface area contributed by atoms with Crippen LogP contribution in [0.4, 0.5) is 0 Å². The third kappa shape index (κ3) is 3.04. The molecule has 0 bridgehead atoms. The Labute approximate surface area is 169 Å². The summed E-state index contributed by atoms with van der Waals surface area (Å²) < 4.78 is 7.26. The van der Waals surface area contributed by atoms with Gasteiger partial charge in [0.25, 0.3) is 5.91 Å². The van der Waals surface area contributed by atoms with E-state index in [1.165, 1.54) is 0 Å². The third-order valence-corrected chi connectivity index (χ3v) is 6.06. The highest BCUT2D eigenvalue weighted by Gasteiger charge is 2.53. The first kappa shape index (κ1) is 18.1. The van der Waals surface area contributed by atoms with Gasteiger partial charge in [0.2, 0.25) is 11.7 Å². The van der Waals surface area contributed by atoms with Crippen molar-refractivity contribution >= 4 is 5.91 Å². The Morgan fingerprint density at radius 3 is 2.62 bits per heavy atom. The zero-order chi connectivity index (χ0) is 20.2. The standard InChI is InChI=1S/C21H24N6O2/c1-14-9-16(26(3)23-14)20(28)27-12-21(13-27)10-17(25(2)11-21)19-22-18(24-29-19)15-7-5-4-6-8-15/h4-9,17H,10-13H2,1-3H3/t17-/m0/s1. The molecule has 0 radical (unpaired) electrons. The van der Waals surface area contributed by atoms with Crippen molar-refractivity contribution in [2.75, 3.05) is 26.7 Å². The average Bonchev–Trinajstić information content (AvgIpc) is 3.37. The first-order valence-corrected chi connectivity index (χ1v) is 9.83. The Balaban J connectivity index is 1.28. The number of likely N-dealkylation sites (tertiary alicyclic amines) is 2. The molecule has 0 aliphatic carbocycles. The summed E-state index contributed by atoms with van der Waals surface area (Å²) in [6, 6.07) is 11.8. The van der Waals surface area contributed by atoms with Gasteiger partial charge in [0.1, 0.15) is 5.69 Å². The average molecular weight is 392 g/mol. The van der Waals surface area contributed by atoms with Crippen molar-refractivity contribution < 1.29 is 9.32 Å². The molecule has 1 aromatic carbocycles. The number of hydrogen-bond donors (Lipinski definition) is 0. The molecule has 150 valence electrons. The van der Waals surface area contributed by atoms with Gasteiger partial charge in [-0.05, 0) is 26.5 Å². The van der Waals surface area contributed by atoms with Crippen molar-refractivity contribution in [3.05, 3.63) is 53.7 Å². The number of carbonyl (C=O) groups is 1. The summed E-state index contributed by atoms with van der Waals surface area (Å²) in [6.45, 7) is 4.31. The van der Waals surface area contributed by atoms with Crippen molar-refractivity contribution in [3.8, 4) is 11.4 Å². The first-order valence-electron chi connectivity index (χ1n) is 9.83. The second kappa shape index (κ2) is 6.52. The smallest absolute Gasteiger partial charge is 0.272 e. The number of carbonyl (C=O) groups excluding carboxylic acids is 1. The summed E-state index contributed by atoms with van der Waals surface area (Å²) in [5, 5.41) is 8.45. The molecule has 0 unspecified atom stereocenters. The van der Waals surface area contributed by atoms with Gasteiger partial charge in [-0.25, -0.2) is 0 Å². The predicted molar refractivity (Wildman–Crippen MR) is 106 cm³/mol. The molecular formula is C21H24N6O2. The van der Waals surface area contributed by atoms with Crippen LogP contribution in [0, 0.1) is 12.3 Å². The molecule has 1 spiro atoms. The molecule has 8 heteroatoms. The van der Waals surface area contributed by atoms with Gasteiger partial charge in [-0.15, -0.1) is 0 Å². The van der Waals surface area contributed by atoms with Crippen LogP contribution >= 0.6 is 0 Å². The zero-order valence-electron chi connectivity index (χ0n) is 16.9. The van der Waals surface area contributed by atoms with Crippen LogP contribution in [-0.4, -0.2) is 62.3 Å². The summed E-state index contributed by atoms with van der Waals surface area (Å²) in [6.07, 6.45) is 0.911. The van der Waals surface area contributed by atoms with Crippen molar-refractivity contribution in [2.45, 2.75) is 19.4 Å². The Kier molecular flexibility index (Phi) is 4.06. The second-order valence-electron chi connectivity index (χ2n) is 8.41. The minimum atomic E-state index is 0.0500. The molecule has 2 aliphatic rings. The van der Waals surface area contributed by atoms with Crippen LogP contribution < -0.4 is 0 Å². The fourth-order valence-corrected chi connectivity index (χ4v) is 4.73. The molecule has 1 atom stereocenters. The maximum atomic E-state index is 12.8. The maximum Gasteiger partial charge on any atom is 0.272 e. The lowest BCUT2D eigenvalue weighted by atomic mass is 9.77. The quantitative estimate of drug-likeness (QED) is 0.680. The summed E-state index contributed by atoms with van der Waals surface area (Å²) in [4.78, 5) is 21.6. The van der Waals surface area contributed by atoms with E-state index in [1.54, 1.807) is 4.68 Å². The molecule has 29 heavy (non-hydrogen) atoms. The van der Waals surface area contributed by atoms with E-state index in [0.717, 1.165) is 37.3 Å². The van der Waals surface area contributed by atoms with E-state index in [2.05, 4.69) is 27.2 Å². The van der Waals surface area contributed by atoms with Crippen molar-refractivity contribution in [1.29, 1.82) is 0 Å². The zero-order valence-corrected chi connectivity index (χ0v) is 16.9. The molecule has 0 N–H and O–H groups in total. The summed E-state index contributed by atoms with van der Waals surface area (Å²) >= 11 is 0. The van der Waals surface area contributed by atoms with Crippen LogP contribution in [0.3, 0.4) is 0 Å². The van der Waals surface area contributed by atoms with Gasteiger partial charge >= 0.3 is 0 Å². The first-order chi connectivity index (χ1) is 13.9. The van der Waals surface area contributed by atoms with E-state index in [0.29, 0.717) is 17.4 Å². The van der Waals surface area contributed by atoms with E-state index >= 15 is 0 Å². The number of aryl methyl sites for hydroxylation is 2. The number of benzene rings is 1. The lowest BCUT2D eigenvalue weighted by molar-refractivity contribution is 0.0106. The van der Waals surface area contributed by atoms with E-state index < -0.39 is 0 Å². The van der Waals surface area contributed by atoms with Crippen molar-refractivity contribution in [2.24, 2.45) is 12.5 Å². The summed E-state index contributed by atoms with van der Waals surface area (Å²) in [5.74, 6) is 1.32. The molecule has 8 nitrogen and oxygen atoms in total. The highest BCUT2D eigenvalue weighted by Crippen LogP contribution is 2.47. The molecule has 4 heterocycles. The van der Waals surface area contributed by atoms with Gasteiger partial charge in [-0.1, -0.05) is 35.5 Å². The summed E-state index contributed by atoms with van der Waals surface area (Å²) in [5.41, 5.74) is 2.54. The minimum absolute atomic E-state index is 0.0500. The van der Waals surface area contributed by atoms with Gasteiger partial charge in [0.05, 0.1) is 11.7 Å². The van der Waals surface area contributed by atoms with E-state index in [4.69, 9.17) is 4.52 Å². The van der Waals surface area contributed by atoms with Crippen LogP contribution in [-0.2, 0) is 7.05 Å². The number of hydrogen-bond acceptors (Lipinski definition) is 6. The lowest BCUT2D eigenvalue weighted by Crippen LogP contribution is -2.59. The van der Waals surface area contributed by atoms with Crippen LogP contribution in [0.15, 0.2) is 40.9 Å². The minimum Gasteiger partial charge on any atom is -0.337 e. The highest BCUT2D eigenvalue weighted by molar-refractivity contribution is 5.93. The van der Waals surface area contributed by atoms with Gasteiger partial charge in [0, 0.05) is 37.7 Å². The van der Waals surface area contributed by atoms with Crippen LogP contribution in [0.25, 0.3) is 11.4 Å². The normalized spacial score (nSPS) is 20.9. The van der Waals surface area contributed by atoms with Crippen molar-refractivity contribution in [3.63, 3.8) is 0 Å². The number of rotatable bonds is 3. The third-order valence-electron chi connectivity index (χ3n) is 6.06. The molecule has 1 amide bonds. The number of aromatic nitrogens is 4. The second-order valence-corrected chi connectivity index (χ2v) is 8.41. The Morgan fingerprint density at radius 1 is 1.17 bits per heavy atom. The molecule has 2 fully saturated rings. The largest absolute Gasteiger partial charge is 0.337 e. The molecule has 5 rings (SSSR count). The number of amides is 1. The summed E-state index contributed by atoms with van der Waals surface area (Å²) in [7, 11) is 3.90. The molecular weight excluding hydrogens is 368 g/mol. The van der Waals surface area contributed by atoms with Crippen molar-refractivity contribution in [1.82, 2.24) is 29.7 Å². The fraction of sp³-hybridized carbons (Fsp3) is 0.429. The van der Waals surface area contributed by atoms with Gasteiger partial charge < -0.3 is 9.42 Å². The van der Waals surface area contributed by atoms with Gasteiger partial charge in [0.15, 0.2) is 0 Å². The molecule has 2 aliphatic heterocycles. The molecule has 2 aromatic heterocycles. The fourth-order valence-electron chi connectivity index (χ4n) is 4.73. The predicted octanol–water partition coefficient (Wildman–Crippen LogP) is 2.30. The molecule has 2 saturated heterocycles. The topological polar surface area (TPSA) is 80.3 Å². The monoisotopic (exact) mass is 392 g/mol. The Morgan fingerprint density at radius 2 is 1.93 bits per heavy atom. The van der Waals surface area contributed by atoms with Gasteiger partial charge in [-0.2, -0.15) is 10.1 Å². The Hall–Kier alpha value is -3.00.